The zero-order chi connectivity index (χ0) is 20.3. The van der Waals surface area contributed by atoms with Gasteiger partial charge in [-0.1, -0.05) is 17.4 Å². The summed E-state index contributed by atoms with van der Waals surface area (Å²) in [7, 11) is 5.59. The quantitative estimate of drug-likeness (QED) is 0.483. The highest BCUT2D eigenvalue weighted by molar-refractivity contribution is 7.22. The van der Waals surface area contributed by atoms with Gasteiger partial charge < -0.3 is 9.64 Å². The van der Waals surface area contributed by atoms with Crippen molar-refractivity contribution >= 4 is 38.3 Å². The van der Waals surface area contributed by atoms with Crippen molar-refractivity contribution in [2.24, 2.45) is 0 Å². The van der Waals surface area contributed by atoms with E-state index in [1.807, 2.05) is 32.3 Å². The number of aromatic nitrogens is 1. The van der Waals surface area contributed by atoms with E-state index in [4.69, 9.17) is 4.74 Å². The van der Waals surface area contributed by atoms with Crippen molar-refractivity contribution in [2.75, 3.05) is 39.2 Å². The third-order valence-electron chi connectivity index (χ3n) is 4.20. The van der Waals surface area contributed by atoms with Gasteiger partial charge in [-0.05, 0) is 18.2 Å². The number of thiazole rings is 1. The number of carbonyl (C=O) groups is 1. The second-order valence-corrected chi connectivity index (χ2v) is 7.56. The normalized spacial score (nSPS) is 11.0. The van der Waals surface area contributed by atoms with Crippen molar-refractivity contribution in [1.29, 1.82) is 0 Å². The maximum absolute atomic E-state index is 13.2. The first-order chi connectivity index (χ1) is 13.4. The molecule has 3 aromatic rings. The molecule has 1 N–H and O–H groups in total. The Kier molecular flexibility index (Phi) is 5.86. The summed E-state index contributed by atoms with van der Waals surface area (Å²) in [6.45, 7) is 1.15. The Labute approximate surface area is 166 Å². The van der Waals surface area contributed by atoms with Gasteiger partial charge in [0.05, 0.1) is 49.4 Å². The Hall–Kier alpha value is -3.04. The molecular weight excluding hydrogens is 380 g/mol. The van der Waals surface area contributed by atoms with Crippen LogP contribution in [-0.2, 0) is 0 Å². The summed E-state index contributed by atoms with van der Waals surface area (Å²) in [5, 5.41) is 11.6. The number of nitrogens with one attached hydrogen (secondary N) is 1. The van der Waals surface area contributed by atoms with Crippen LogP contribution in [0, 0.1) is 10.1 Å². The number of quaternary nitrogens is 1. The fourth-order valence-electron chi connectivity index (χ4n) is 2.67. The molecule has 9 heteroatoms. The van der Waals surface area contributed by atoms with E-state index in [1.54, 1.807) is 18.1 Å². The maximum Gasteiger partial charge on any atom is 0.270 e. The lowest BCUT2D eigenvalue weighted by molar-refractivity contribution is -0.856. The summed E-state index contributed by atoms with van der Waals surface area (Å²) in [4.78, 5) is 31.1. The molecule has 0 spiro atoms. The third kappa shape index (κ3) is 4.26. The van der Waals surface area contributed by atoms with E-state index in [1.165, 1.54) is 34.4 Å². The fourth-order valence-corrected chi connectivity index (χ4v) is 3.64. The number of methoxy groups -OCH3 is 1. The molecule has 0 bridgehead atoms. The second kappa shape index (κ2) is 8.32. The molecule has 0 radical (unpaired) electrons. The molecule has 0 atom stereocenters. The number of hydrogen-bond acceptors (Lipinski definition) is 6. The summed E-state index contributed by atoms with van der Waals surface area (Å²) in [6.07, 6.45) is 0. The van der Waals surface area contributed by atoms with E-state index < -0.39 is 4.92 Å². The van der Waals surface area contributed by atoms with Crippen molar-refractivity contribution in [2.45, 2.75) is 0 Å². The SMILES string of the molecule is COc1ccc2sc(N(CC[NH+](C)C)C(=O)c3cccc([N+](=O)[O-])c3)nc2c1. The molecule has 2 aromatic carbocycles. The number of non-ortho nitro benzene ring substituents is 1. The molecule has 0 aliphatic heterocycles. The van der Waals surface area contributed by atoms with Gasteiger partial charge in [-0.25, -0.2) is 4.98 Å². The van der Waals surface area contributed by atoms with E-state index in [-0.39, 0.29) is 17.2 Å². The summed E-state index contributed by atoms with van der Waals surface area (Å²) >= 11 is 1.41. The number of carbonyl (C=O) groups excluding carboxylic acids is 1. The minimum atomic E-state index is -0.505. The van der Waals surface area contributed by atoms with E-state index in [9.17, 15) is 14.9 Å². The number of nitrogens with zero attached hydrogens (tertiary/aromatic N) is 3. The molecule has 0 aliphatic carbocycles. The Bertz CT molecular complexity index is 1020. The smallest absolute Gasteiger partial charge is 0.270 e. The molecule has 0 saturated carbocycles. The highest BCUT2D eigenvalue weighted by Gasteiger charge is 2.23. The molecule has 3 rings (SSSR count). The highest BCUT2D eigenvalue weighted by Crippen LogP contribution is 2.32. The number of amides is 1. The summed E-state index contributed by atoms with van der Waals surface area (Å²) in [6, 6.07) is 11.3. The number of hydrogen-bond donors (Lipinski definition) is 1. The number of rotatable bonds is 7. The molecule has 0 fully saturated rings. The molecule has 1 amide bonds. The predicted octanol–water partition coefficient (Wildman–Crippen LogP) is 2.00. The molecule has 1 heterocycles. The van der Waals surface area contributed by atoms with E-state index in [0.29, 0.717) is 24.0 Å². The van der Waals surface area contributed by atoms with Gasteiger partial charge >= 0.3 is 0 Å². The van der Waals surface area contributed by atoms with Crippen LogP contribution in [-0.4, -0.2) is 50.1 Å². The first kappa shape index (κ1) is 19.7. The Morgan fingerprint density at radius 1 is 1.29 bits per heavy atom. The van der Waals surface area contributed by atoms with Gasteiger partial charge in [0.2, 0.25) is 0 Å². The number of nitro groups is 1. The Balaban J connectivity index is 2.00. The number of likely N-dealkylation sites (N-methyl/N-ethyl adjacent to an activating group) is 1. The average molecular weight is 401 g/mol. The monoisotopic (exact) mass is 401 g/mol. The lowest BCUT2D eigenvalue weighted by Crippen LogP contribution is -3.06. The summed E-state index contributed by atoms with van der Waals surface area (Å²) < 4.78 is 6.18. The number of ether oxygens (including phenoxy) is 1. The van der Waals surface area contributed by atoms with Crippen LogP contribution in [0.1, 0.15) is 10.4 Å². The molecule has 0 saturated heterocycles. The largest absolute Gasteiger partial charge is 0.497 e. The molecule has 8 nitrogen and oxygen atoms in total. The number of anilines is 1. The lowest BCUT2D eigenvalue weighted by atomic mass is 10.2. The van der Waals surface area contributed by atoms with Crippen LogP contribution in [0.25, 0.3) is 10.2 Å². The van der Waals surface area contributed by atoms with Gasteiger partial charge in [-0.3, -0.25) is 19.8 Å². The number of nitro benzene ring substituents is 1. The first-order valence-corrected chi connectivity index (χ1v) is 9.50. The zero-order valence-electron chi connectivity index (χ0n) is 15.8. The van der Waals surface area contributed by atoms with Gasteiger partial charge in [-0.2, -0.15) is 0 Å². The Morgan fingerprint density at radius 3 is 2.75 bits per heavy atom. The van der Waals surface area contributed by atoms with Crippen LogP contribution in [0.2, 0.25) is 0 Å². The Morgan fingerprint density at radius 2 is 2.07 bits per heavy atom. The van der Waals surface area contributed by atoms with Crippen molar-refractivity contribution in [1.82, 2.24) is 4.98 Å². The number of fused-ring (bicyclic) bond motifs is 1. The maximum atomic E-state index is 13.2. The zero-order valence-corrected chi connectivity index (χ0v) is 16.7. The minimum absolute atomic E-state index is 0.113. The minimum Gasteiger partial charge on any atom is -0.497 e. The van der Waals surface area contributed by atoms with E-state index in [0.717, 1.165) is 10.2 Å². The van der Waals surface area contributed by atoms with Crippen molar-refractivity contribution in [3.63, 3.8) is 0 Å². The third-order valence-corrected chi connectivity index (χ3v) is 5.26. The van der Waals surface area contributed by atoms with Gasteiger partial charge in [0.25, 0.3) is 11.6 Å². The van der Waals surface area contributed by atoms with E-state index >= 15 is 0 Å². The highest BCUT2D eigenvalue weighted by atomic mass is 32.1. The van der Waals surface area contributed by atoms with Crippen LogP contribution in [0.3, 0.4) is 0 Å². The summed E-state index contributed by atoms with van der Waals surface area (Å²) in [5.74, 6) is 0.384. The molecule has 1 aromatic heterocycles. The average Bonchev–Trinajstić information content (AvgIpc) is 3.10. The predicted molar refractivity (Wildman–Crippen MR) is 109 cm³/mol. The van der Waals surface area contributed by atoms with Crippen molar-refractivity contribution < 1.29 is 19.4 Å². The van der Waals surface area contributed by atoms with Gasteiger partial charge in [0, 0.05) is 23.8 Å². The lowest BCUT2D eigenvalue weighted by Gasteiger charge is -2.20. The first-order valence-electron chi connectivity index (χ1n) is 8.69. The number of benzene rings is 2. The van der Waals surface area contributed by atoms with Crippen molar-refractivity contribution in [3.8, 4) is 5.75 Å². The van der Waals surface area contributed by atoms with Gasteiger partial charge in [0.1, 0.15) is 5.75 Å². The van der Waals surface area contributed by atoms with Crippen LogP contribution in [0.15, 0.2) is 42.5 Å². The molecule has 146 valence electrons. The fraction of sp³-hybridized carbons (Fsp3) is 0.263. The van der Waals surface area contributed by atoms with Gasteiger partial charge in [-0.15, -0.1) is 0 Å². The molecule has 0 unspecified atom stereocenters. The second-order valence-electron chi connectivity index (χ2n) is 6.55. The van der Waals surface area contributed by atoms with Crippen LogP contribution in [0.4, 0.5) is 10.8 Å². The molecule has 28 heavy (non-hydrogen) atoms. The topological polar surface area (TPSA) is 90.0 Å². The van der Waals surface area contributed by atoms with Crippen LogP contribution >= 0.6 is 11.3 Å². The standard InChI is InChI=1S/C19H20N4O4S/c1-21(2)9-10-22(18(24)13-5-4-6-14(11-13)23(25)26)19-20-16-12-15(27-3)7-8-17(16)28-19/h4-8,11-12H,9-10H2,1-3H3/p+1. The van der Waals surface area contributed by atoms with Crippen molar-refractivity contribution in [3.05, 3.63) is 58.1 Å². The molecular formula is C19H21N4O4S+. The summed E-state index contributed by atoms with van der Waals surface area (Å²) in [5.41, 5.74) is 0.895. The molecule has 0 aliphatic rings. The van der Waals surface area contributed by atoms with Gasteiger partial charge in [0.15, 0.2) is 5.13 Å². The van der Waals surface area contributed by atoms with Crippen LogP contribution in [0.5, 0.6) is 5.75 Å². The van der Waals surface area contributed by atoms with Crippen LogP contribution < -0.4 is 14.5 Å². The van der Waals surface area contributed by atoms with E-state index in [2.05, 4.69) is 4.98 Å².